The van der Waals surface area contributed by atoms with Gasteiger partial charge in [-0.2, -0.15) is 0 Å². The molecular weight excluding hydrogens is 396 g/mol. The summed E-state index contributed by atoms with van der Waals surface area (Å²) in [5.74, 6) is 0.721. The van der Waals surface area contributed by atoms with Gasteiger partial charge in [-0.1, -0.05) is 0 Å². The van der Waals surface area contributed by atoms with Gasteiger partial charge in [0.15, 0.2) is 0 Å². The van der Waals surface area contributed by atoms with E-state index >= 15 is 0 Å². The molecular formula is C20H29BrN2O3. The van der Waals surface area contributed by atoms with E-state index in [0.29, 0.717) is 29.7 Å². The molecule has 0 radical (unpaired) electrons. The zero-order valence-electron chi connectivity index (χ0n) is 15.2. The number of unbranched alkanes of at least 4 members (excludes halogenated alkanes) is 1. The molecule has 1 spiro atoms. The fourth-order valence-corrected chi connectivity index (χ4v) is 4.89. The van der Waals surface area contributed by atoms with Crippen molar-refractivity contribution in [3.63, 3.8) is 0 Å². The smallest absolute Gasteiger partial charge is 0.213 e. The third-order valence-corrected chi connectivity index (χ3v) is 6.61. The summed E-state index contributed by atoms with van der Waals surface area (Å²) in [6, 6.07) is 5.16. The molecule has 0 aliphatic heterocycles. The van der Waals surface area contributed by atoms with Gasteiger partial charge in [-0.05, 0) is 78.8 Å². The lowest BCUT2D eigenvalue weighted by molar-refractivity contribution is -0.131. The van der Waals surface area contributed by atoms with Gasteiger partial charge in [-0.15, -0.1) is 0 Å². The zero-order chi connectivity index (χ0) is 18.0. The van der Waals surface area contributed by atoms with Crippen molar-refractivity contribution in [1.29, 1.82) is 0 Å². The lowest BCUT2D eigenvalue weighted by Crippen LogP contribution is -2.61. The van der Waals surface area contributed by atoms with Crippen LogP contribution in [0.2, 0.25) is 0 Å². The minimum atomic E-state index is 0.276. The molecule has 4 rings (SSSR count). The van der Waals surface area contributed by atoms with Gasteiger partial charge < -0.3 is 19.9 Å². The van der Waals surface area contributed by atoms with E-state index in [1.54, 1.807) is 6.20 Å². The number of ether oxygens (including phenoxy) is 2. The summed E-state index contributed by atoms with van der Waals surface area (Å²) in [4.78, 5) is 4.28. The molecule has 1 aromatic heterocycles. The van der Waals surface area contributed by atoms with E-state index in [1.165, 1.54) is 25.7 Å². The van der Waals surface area contributed by atoms with Crippen LogP contribution in [0.1, 0.15) is 51.4 Å². The first kappa shape index (κ1) is 18.7. The normalized spacial score (nSPS) is 35.5. The Morgan fingerprint density at radius 1 is 1.12 bits per heavy atom. The molecule has 144 valence electrons. The Bertz CT molecular complexity index is 577. The molecule has 6 heteroatoms. The quantitative estimate of drug-likeness (QED) is 0.594. The number of aromatic nitrogens is 1. The number of aliphatic hydroxyl groups excluding tert-OH is 1. The molecule has 26 heavy (non-hydrogen) atoms. The van der Waals surface area contributed by atoms with Crippen LogP contribution < -0.4 is 10.1 Å². The topological polar surface area (TPSA) is 63.6 Å². The first-order chi connectivity index (χ1) is 12.6. The van der Waals surface area contributed by atoms with Crippen molar-refractivity contribution in [2.45, 2.75) is 75.7 Å². The van der Waals surface area contributed by atoms with Crippen LogP contribution in [-0.4, -0.2) is 47.6 Å². The highest BCUT2D eigenvalue weighted by atomic mass is 79.9. The third-order valence-electron chi connectivity index (χ3n) is 6.14. The summed E-state index contributed by atoms with van der Waals surface area (Å²) in [5.41, 5.74) is 0.570. The molecule has 3 aliphatic rings. The monoisotopic (exact) mass is 424 g/mol. The number of nitrogens with one attached hydrogen (secondary N) is 1. The number of halogens is 1. The highest BCUT2D eigenvalue weighted by Gasteiger charge is 2.53. The van der Waals surface area contributed by atoms with Crippen LogP contribution in [0.15, 0.2) is 22.8 Å². The van der Waals surface area contributed by atoms with E-state index in [2.05, 4.69) is 26.2 Å². The molecule has 1 heterocycles. The minimum Gasteiger partial charge on any atom is -0.474 e. The summed E-state index contributed by atoms with van der Waals surface area (Å²) < 4.78 is 12.8. The molecule has 0 bridgehead atoms. The fraction of sp³-hybridized carbons (Fsp3) is 0.750. The van der Waals surface area contributed by atoms with Crippen LogP contribution in [-0.2, 0) is 4.74 Å². The number of rotatable bonds is 9. The van der Waals surface area contributed by atoms with Gasteiger partial charge >= 0.3 is 0 Å². The molecule has 3 aliphatic carbocycles. The fourth-order valence-electron chi connectivity index (χ4n) is 4.66. The van der Waals surface area contributed by atoms with E-state index in [4.69, 9.17) is 14.6 Å². The van der Waals surface area contributed by atoms with Gasteiger partial charge in [0, 0.05) is 42.0 Å². The summed E-state index contributed by atoms with van der Waals surface area (Å²) in [5, 5.41) is 12.6. The third kappa shape index (κ3) is 4.41. The molecule has 1 aromatic rings. The van der Waals surface area contributed by atoms with Crippen molar-refractivity contribution < 1.29 is 14.6 Å². The predicted octanol–water partition coefficient (Wildman–Crippen LogP) is 3.44. The van der Waals surface area contributed by atoms with Crippen LogP contribution in [0.4, 0.5) is 0 Å². The van der Waals surface area contributed by atoms with Crippen molar-refractivity contribution in [3.8, 4) is 5.88 Å². The molecule has 3 fully saturated rings. The van der Waals surface area contributed by atoms with Crippen molar-refractivity contribution >= 4 is 15.9 Å². The zero-order valence-corrected chi connectivity index (χ0v) is 16.8. The number of hydrogen-bond donors (Lipinski definition) is 2. The maximum absolute atomic E-state index is 8.78. The molecule has 0 saturated heterocycles. The van der Waals surface area contributed by atoms with Gasteiger partial charge in [0.1, 0.15) is 6.10 Å². The Morgan fingerprint density at radius 2 is 1.92 bits per heavy atom. The standard InChI is InChI=1S/C20H29BrN2O3/c21-14-3-4-19(22-13-14)26-17-7-15(8-17)23-16-9-20(10-16)11-18(12-20)25-6-2-1-5-24/h3-4,13,15-18,23-24H,1-2,5-12H2/t15-,16?,17-,18?,20?. The second kappa shape index (κ2) is 8.13. The van der Waals surface area contributed by atoms with Gasteiger partial charge in [-0.25, -0.2) is 4.98 Å². The summed E-state index contributed by atoms with van der Waals surface area (Å²) in [6.45, 7) is 1.08. The summed E-state index contributed by atoms with van der Waals surface area (Å²) in [7, 11) is 0. The Labute approximate surface area is 164 Å². The molecule has 2 N–H and O–H groups in total. The number of hydrogen-bond acceptors (Lipinski definition) is 5. The Kier molecular flexibility index (Phi) is 5.84. The van der Waals surface area contributed by atoms with Gasteiger partial charge in [0.05, 0.1) is 6.10 Å². The van der Waals surface area contributed by atoms with Crippen LogP contribution in [0.5, 0.6) is 5.88 Å². The molecule has 0 unspecified atom stereocenters. The van der Waals surface area contributed by atoms with Crippen molar-refractivity contribution in [2.24, 2.45) is 5.41 Å². The van der Waals surface area contributed by atoms with Crippen LogP contribution in [0.3, 0.4) is 0 Å². The molecule has 0 aromatic carbocycles. The van der Waals surface area contributed by atoms with Gasteiger partial charge in [0.25, 0.3) is 0 Å². The lowest BCUT2D eigenvalue weighted by Gasteiger charge is -2.58. The minimum absolute atomic E-state index is 0.276. The first-order valence-electron chi connectivity index (χ1n) is 9.91. The molecule has 0 atom stereocenters. The predicted molar refractivity (Wildman–Crippen MR) is 103 cm³/mol. The SMILES string of the molecule is OCCCCOC1CC2(CC(N[C@H]3C[C@H](Oc4ccc(Br)cn4)C3)C2)C1. The van der Waals surface area contributed by atoms with E-state index in [0.717, 1.165) is 42.6 Å². The van der Waals surface area contributed by atoms with E-state index in [1.807, 2.05) is 12.1 Å². The number of nitrogens with zero attached hydrogens (tertiary/aromatic N) is 1. The summed E-state index contributed by atoms with van der Waals surface area (Å²) >= 11 is 3.39. The largest absolute Gasteiger partial charge is 0.474 e. The molecule has 0 amide bonds. The Hall–Kier alpha value is -0.690. The molecule has 5 nitrogen and oxygen atoms in total. The van der Waals surface area contributed by atoms with Crippen molar-refractivity contribution in [2.75, 3.05) is 13.2 Å². The van der Waals surface area contributed by atoms with Gasteiger partial charge in [-0.3, -0.25) is 0 Å². The van der Waals surface area contributed by atoms with Crippen LogP contribution >= 0.6 is 15.9 Å². The first-order valence-corrected chi connectivity index (χ1v) is 10.7. The van der Waals surface area contributed by atoms with Crippen LogP contribution in [0, 0.1) is 5.41 Å². The number of aliphatic hydroxyl groups is 1. The van der Waals surface area contributed by atoms with Gasteiger partial charge in [0.2, 0.25) is 5.88 Å². The second-order valence-corrected chi connectivity index (χ2v) is 9.24. The van der Waals surface area contributed by atoms with Crippen LogP contribution in [0.25, 0.3) is 0 Å². The maximum atomic E-state index is 8.78. The van der Waals surface area contributed by atoms with Crippen molar-refractivity contribution in [3.05, 3.63) is 22.8 Å². The average molecular weight is 425 g/mol. The Morgan fingerprint density at radius 3 is 2.62 bits per heavy atom. The Balaban J connectivity index is 1.06. The highest BCUT2D eigenvalue weighted by molar-refractivity contribution is 9.10. The second-order valence-electron chi connectivity index (χ2n) is 8.33. The maximum Gasteiger partial charge on any atom is 0.213 e. The lowest BCUT2D eigenvalue weighted by atomic mass is 9.52. The van der Waals surface area contributed by atoms with Crippen molar-refractivity contribution in [1.82, 2.24) is 10.3 Å². The highest BCUT2D eigenvalue weighted by Crippen LogP contribution is 2.57. The summed E-state index contributed by atoms with van der Waals surface area (Å²) in [6.07, 6.45) is 11.6. The molecule has 3 saturated carbocycles. The van der Waals surface area contributed by atoms with E-state index in [9.17, 15) is 0 Å². The average Bonchev–Trinajstić information content (AvgIpc) is 2.53. The number of pyridine rings is 1. The van der Waals surface area contributed by atoms with E-state index < -0.39 is 0 Å². The van der Waals surface area contributed by atoms with E-state index in [-0.39, 0.29) is 6.61 Å².